The first-order valence-electron chi connectivity index (χ1n) is 10.9. The van der Waals surface area contributed by atoms with Crippen LogP contribution in [0.25, 0.3) is 0 Å². The molecule has 0 unspecified atom stereocenters. The lowest BCUT2D eigenvalue weighted by atomic mass is 10.0. The van der Waals surface area contributed by atoms with Gasteiger partial charge in [-0.25, -0.2) is 4.99 Å². The van der Waals surface area contributed by atoms with Crippen molar-refractivity contribution in [2.24, 2.45) is 16.6 Å². The SMILES string of the molecule is CN/C=C(\C(=N)N(C)c1cccnc1)C1=CNC2=CC=C(N=C(N)C=C(C=N)C(C)C)NC2=C1. The van der Waals surface area contributed by atoms with Crippen molar-refractivity contribution in [3.63, 3.8) is 0 Å². The lowest BCUT2D eigenvalue weighted by molar-refractivity contribution is 0.806. The van der Waals surface area contributed by atoms with E-state index in [1.807, 2.05) is 57.5 Å². The summed E-state index contributed by atoms with van der Waals surface area (Å²) >= 11 is 0. The number of hydrogen-bond acceptors (Lipinski definition) is 7. The normalized spacial score (nSPS) is 16.2. The minimum atomic E-state index is 0.182. The van der Waals surface area contributed by atoms with Gasteiger partial charge >= 0.3 is 0 Å². The minimum absolute atomic E-state index is 0.182. The van der Waals surface area contributed by atoms with Gasteiger partial charge in [0.2, 0.25) is 0 Å². The number of nitrogens with zero attached hydrogens (tertiary/aromatic N) is 3. The Hall–Kier alpha value is -4.40. The molecule has 2 aliphatic heterocycles. The number of rotatable bonds is 8. The summed E-state index contributed by atoms with van der Waals surface area (Å²) in [7, 11) is 3.64. The molecule has 0 saturated carbocycles. The molecule has 176 valence electrons. The maximum Gasteiger partial charge on any atom is 0.134 e. The van der Waals surface area contributed by atoms with Crippen LogP contribution in [0.4, 0.5) is 5.69 Å². The number of aliphatic imine (C=N–C) groups is 1. The molecule has 0 aliphatic carbocycles. The van der Waals surface area contributed by atoms with Crippen molar-refractivity contribution in [1.82, 2.24) is 20.9 Å². The predicted molar refractivity (Wildman–Crippen MR) is 139 cm³/mol. The Morgan fingerprint density at radius 1 is 1.29 bits per heavy atom. The van der Waals surface area contributed by atoms with E-state index >= 15 is 0 Å². The van der Waals surface area contributed by atoms with Crippen molar-refractivity contribution in [3.05, 3.63) is 95.2 Å². The lowest BCUT2D eigenvalue weighted by Crippen LogP contribution is -2.31. The summed E-state index contributed by atoms with van der Waals surface area (Å²) in [5.41, 5.74) is 10.9. The molecule has 0 radical (unpaired) electrons. The Kier molecular flexibility index (Phi) is 7.81. The van der Waals surface area contributed by atoms with Gasteiger partial charge in [0.05, 0.1) is 23.3 Å². The zero-order chi connectivity index (χ0) is 24.7. The van der Waals surface area contributed by atoms with Crippen LogP contribution in [0.2, 0.25) is 0 Å². The Bertz CT molecular complexity index is 1160. The monoisotopic (exact) mass is 457 g/mol. The van der Waals surface area contributed by atoms with Gasteiger partial charge in [-0.05, 0) is 47.9 Å². The highest BCUT2D eigenvalue weighted by atomic mass is 15.2. The molecular formula is C25H31N9. The summed E-state index contributed by atoms with van der Waals surface area (Å²) in [5, 5.41) is 25.9. The molecular weight excluding hydrogens is 426 g/mol. The van der Waals surface area contributed by atoms with Crippen LogP contribution in [-0.2, 0) is 0 Å². The van der Waals surface area contributed by atoms with E-state index in [-0.39, 0.29) is 5.92 Å². The summed E-state index contributed by atoms with van der Waals surface area (Å²) in [6.45, 7) is 4.01. The minimum Gasteiger partial charge on any atom is -0.393 e. The van der Waals surface area contributed by atoms with E-state index in [0.29, 0.717) is 23.1 Å². The number of hydrogen-bond donors (Lipinski definition) is 6. The molecule has 0 amide bonds. The first-order chi connectivity index (χ1) is 16.3. The highest BCUT2D eigenvalue weighted by molar-refractivity contribution is 6.10. The molecule has 2 aliphatic rings. The second-order valence-corrected chi connectivity index (χ2v) is 8.00. The topological polar surface area (TPSA) is 138 Å². The van der Waals surface area contributed by atoms with Crippen LogP contribution in [0.15, 0.2) is 100 Å². The number of nitrogens with two attached hydrogens (primary N) is 1. The summed E-state index contributed by atoms with van der Waals surface area (Å²) in [5.74, 6) is 1.40. The molecule has 34 heavy (non-hydrogen) atoms. The molecule has 7 N–H and O–H groups in total. The molecule has 3 rings (SSSR count). The number of anilines is 1. The van der Waals surface area contributed by atoms with Crippen molar-refractivity contribution in [2.75, 3.05) is 19.0 Å². The summed E-state index contributed by atoms with van der Waals surface area (Å²) < 4.78 is 0. The lowest BCUT2D eigenvalue weighted by Gasteiger charge is -2.26. The van der Waals surface area contributed by atoms with Gasteiger partial charge in [0.1, 0.15) is 17.5 Å². The molecule has 1 aromatic rings. The van der Waals surface area contributed by atoms with Gasteiger partial charge in [0.15, 0.2) is 0 Å². The van der Waals surface area contributed by atoms with Crippen molar-refractivity contribution in [3.8, 4) is 0 Å². The van der Waals surface area contributed by atoms with Crippen LogP contribution < -0.4 is 26.6 Å². The standard InChI is InChI=1S/C25H31N9/c1-16(2)17(12-26)11-23(27)33-24-8-7-21-22(32-24)10-18(13-31-21)20(15-29-3)25(28)34(4)19-6-5-9-30-14-19/h5-16,26,28-29,31-32H,1-4H3,(H2,27,33)/b17-11?,20-15-,26-12?,28-25?. The van der Waals surface area contributed by atoms with Gasteiger partial charge in [-0.2, -0.15) is 0 Å². The van der Waals surface area contributed by atoms with Gasteiger partial charge in [0.25, 0.3) is 0 Å². The number of aromatic nitrogens is 1. The number of pyridine rings is 1. The predicted octanol–water partition coefficient (Wildman–Crippen LogP) is 2.89. The van der Waals surface area contributed by atoms with E-state index in [4.69, 9.17) is 16.6 Å². The number of dihydropyridines is 2. The second-order valence-electron chi connectivity index (χ2n) is 8.00. The molecule has 0 saturated heterocycles. The number of likely N-dealkylation sites (N-methyl/N-ethyl adjacent to an activating group) is 1. The third-order valence-electron chi connectivity index (χ3n) is 5.26. The number of allylic oxidation sites excluding steroid dienone is 4. The van der Waals surface area contributed by atoms with Gasteiger partial charge < -0.3 is 32.0 Å². The second kappa shape index (κ2) is 11.0. The van der Waals surface area contributed by atoms with E-state index in [1.54, 1.807) is 36.6 Å². The van der Waals surface area contributed by atoms with E-state index in [0.717, 1.165) is 28.2 Å². The molecule has 0 aromatic carbocycles. The third kappa shape index (κ3) is 5.69. The fraction of sp³-hybridized carbons (Fsp3) is 0.200. The summed E-state index contributed by atoms with van der Waals surface area (Å²) in [6.07, 6.45) is 15.8. The van der Waals surface area contributed by atoms with Crippen LogP contribution in [0.5, 0.6) is 0 Å². The Labute approximate surface area is 200 Å². The zero-order valence-corrected chi connectivity index (χ0v) is 19.8. The number of fused-ring (bicyclic) bond motifs is 1. The molecule has 0 bridgehead atoms. The quantitative estimate of drug-likeness (QED) is 0.262. The third-order valence-corrected chi connectivity index (χ3v) is 5.26. The van der Waals surface area contributed by atoms with Crippen LogP contribution in [0, 0.1) is 16.7 Å². The smallest absolute Gasteiger partial charge is 0.134 e. The first kappa shape index (κ1) is 24.2. The Morgan fingerprint density at radius 3 is 2.74 bits per heavy atom. The van der Waals surface area contributed by atoms with Crippen LogP contribution in [0.3, 0.4) is 0 Å². The highest BCUT2D eigenvalue weighted by Gasteiger charge is 2.21. The summed E-state index contributed by atoms with van der Waals surface area (Å²) in [6, 6.07) is 3.75. The summed E-state index contributed by atoms with van der Waals surface area (Å²) in [4.78, 5) is 10.4. The molecule has 3 heterocycles. The van der Waals surface area contributed by atoms with E-state index in [1.165, 1.54) is 6.21 Å². The van der Waals surface area contributed by atoms with E-state index in [2.05, 4.69) is 25.9 Å². The van der Waals surface area contributed by atoms with Crippen LogP contribution >= 0.6 is 0 Å². The molecule has 0 fully saturated rings. The van der Waals surface area contributed by atoms with Crippen LogP contribution in [0.1, 0.15) is 13.8 Å². The van der Waals surface area contributed by atoms with Gasteiger partial charge in [-0.3, -0.25) is 10.4 Å². The molecule has 1 aromatic heterocycles. The maximum absolute atomic E-state index is 8.79. The Morgan fingerprint density at radius 2 is 2.09 bits per heavy atom. The Balaban J connectivity index is 1.84. The van der Waals surface area contributed by atoms with Crippen molar-refractivity contribution < 1.29 is 0 Å². The van der Waals surface area contributed by atoms with Gasteiger partial charge in [-0.15, -0.1) is 0 Å². The highest BCUT2D eigenvalue weighted by Crippen LogP contribution is 2.25. The van der Waals surface area contributed by atoms with Crippen molar-refractivity contribution >= 4 is 23.6 Å². The fourth-order valence-electron chi connectivity index (χ4n) is 3.32. The average molecular weight is 458 g/mol. The number of amidine groups is 2. The van der Waals surface area contributed by atoms with Gasteiger partial charge in [-0.1, -0.05) is 13.8 Å². The first-order valence-corrected chi connectivity index (χ1v) is 10.9. The van der Waals surface area contributed by atoms with Crippen LogP contribution in [-0.4, -0.2) is 37.0 Å². The van der Waals surface area contributed by atoms with E-state index < -0.39 is 0 Å². The van der Waals surface area contributed by atoms with Gasteiger partial charge in [0, 0.05) is 50.1 Å². The van der Waals surface area contributed by atoms with Crippen molar-refractivity contribution in [1.29, 1.82) is 10.8 Å². The number of nitrogens with one attached hydrogen (secondary N) is 5. The zero-order valence-electron chi connectivity index (χ0n) is 19.8. The van der Waals surface area contributed by atoms with E-state index in [9.17, 15) is 0 Å². The largest absolute Gasteiger partial charge is 0.393 e. The molecule has 0 spiro atoms. The average Bonchev–Trinajstić information content (AvgIpc) is 2.84. The maximum atomic E-state index is 8.79. The fourth-order valence-corrected chi connectivity index (χ4v) is 3.32. The van der Waals surface area contributed by atoms with Crippen molar-refractivity contribution in [2.45, 2.75) is 13.8 Å². The molecule has 9 heteroatoms. The molecule has 0 atom stereocenters. The molecule has 9 nitrogen and oxygen atoms in total.